The van der Waals surface area contributed by atoms with Gasteiger partial charge < -0.3 is 4.74 Å². The lowest BCUT2D eigenvalue weighted by Crippen LogP contribution is -2.30. The SMILES string of the molecule is COc1ccc(C(NN)c2c(C)nn(C)c2C)c(F)c1. The number of hydrogen-bond acceptors (Lipinski definition) is 4. The third kappa shape index (κ3) is 2.39. The molecule has 0 fully saturated rings. The molecule has 5 nitrogen and oxygen atoms in total. The number of aromatic nitrogens is 2. The molecule has 1 unspecified atom stereocenters. The molecule has 0 aliphatic heterocycles. The van der Waals surface area contributed by atoms with Gasteiger partial charge in [-0.3, -0.25) is 10.5 Å². The van der Waals surface area contributed by atoms with E-state index in [-0.39, 0.29) is 5.82 Å². The summed E-state index contributed by atoms with van der Waals surface area (Å²) in [5.74, 6) is 5.75. The predicted molar refractivity (Wildman–Crippen MR) is 74.8 cm³/mol. The molecule has 2 rings (SSSR count). The lowest BCUT2D eigenvalue weighted by molar-refractivity contribution is 0.410. The molecule has 0 bridgehead atoms. The van der Waals surface area contributed by atoms with Gasteiger partial charge in [0, 0.05) is 29.9 Å². The van der Waals surface area contributed by atoms with Gasteiger partial charge in [-0.2, -0.15) is 5.10 Å². The minimum Gasteiger partial charge on any atom is -0.497 e. The van der Waals surface area contributed by atoms with E-state index < -0.39 is 6.04 Å². The molecule has 1 aromatic carbocycles. The number of aryl methyl sites for hydroxylation is 2. The van der Waals surface area contributed by atoms with Crippen LogP contribution in [0, 0.1) is 19.7 Å². The summed E-state index contributed by atoms with van der Waals surface area (Å²) in [7, 11) is 3.35. The van der Waals surface area contributed by atoms with Crippen molar-refractivity contribution in [1.82, 2.24) is 15.2 Å². The van der Waals surface area contributed by atoms with Gasteiger partial charge in [-0.25, -0.2) is 9.82 Å². The first-order chi connectivity index (χ1) is 9.49. The highest BCUT2D eigenvalue weighted by Crippen LogP contribution is 2.30. The first-order valence-corrected chi connectivity index (χ1v) is 6.29. The van der Waals surface area contributed by atoms with Crippen molar-refractivity contribution in [3.8, 4) is 5.75 Å². The van der Waals surface area contributed by atoms with Gasteiger partial charge in [-0.05, 0) is 19.9 Å². The Hall–Kier alpha value is -1.92. The van der Waals surface area contributed by atoms with Crippen molar-refractivity contribution in [2.45, 2.75) is 19.9 Å². The van der Waals surface area contributed by atoms with E-state index in [1.165, 1.54) is 13.2 Å². The highest BCUT2D eigenvalue weighted by atomic mass is 19.1. The Balaban J connectivity index is 2.52. The van der Waals surface area contributed by atoms with Gasteiger partial charge in [0.15, 0.2) is 0 Å². The normalized spacial score (nSPS) is 12.5. The minimum atomic E-state index is -0.449. The Labute approximate surface area is 117 Å². The number of nitrogens with one attached hydrogen (secondary N) is 1. The summed E-state index contributed by atoms with van der Waals surface area (Å²) in [6.45, 7) is 3.81. The summed E-state index contributed by atoms with van der Waals surface area (Å²) >= 11 is 0. The zero-order valence-corrected chi connectivity index (χ0v) is 12.1. The predicted octanol–water partition coefficient (Wildman–Crippen LogP) is 1.74. The molecule has 2 aromatic rings. The van der Waals surface area contributed by atoms with E-state index in [2.05, 4.69) is 10.5 Å². The number of methoxy groups -OCH3 is 1. The van der Waals surface area contributed by atoms with Crippen LogP contribution in [0.15, 0.2) is 18.2 Å². The highest BCUT2D eigenvalue weighted by Gasteiger charge is 2.23. The van der Waals surface area contributed by atoms with Crippen LogP contribution >= 0.6 is 0 Å². The van der Waals surface area contributed by atoms with Gasteiger partial charge in [0.25, 0.3) is 0 Å². The molecule has 0 aliphatic carbocycles. The van der Waals surface area contributed by atoms with Crippen LogP contribution in [-0.2, 0) is 7.05 Å². The molecule has 0 spiro atoms. The van der Waals surface area contributed by atoms with E-state index in [9.17, 15) is 4.39 Å². The van der Waals surface area contributed by atoms with Gasteiger partial charge in [0.2, 0.25) is 0 Å². The molecule has 0 radical (unpaired) electrons. The summed E-state index contributed by atoms with van der Waals surface area (Å²) in [6.07, 6.45) is 0. The van der Waals surface area contributed by atoms with Crippen LogP contribution in [-0.4, -0.2) is 16.9 Å². The number of halogens is 1. The topological polar surface area (TPSA) is 65.1 Å². The molecule has 108 valence electrons. The van der Waals surface area contributed by atoms with Crippen LogP contribution in [0.1, 0.15) is 28.6 Å². The quantitative estimate of drug-likeness (QED) is 0.660. The summed E-state index contributed by atoms with van der Waals surface area (Å²) in [6, 6.07) is 4.28. The van der Waals surface area contributed by atoms with Crippen molar-refractivity contribution in [1.29, 1.82) is 0 Å². The highest BCUT2D eigenvalue weighted by molar-refractivity contribution is 5.40. The molecule has 0 saturated carbocycles. The number of nitrogens with zero attached hydrogens (tertiary/aromatic N) is 2. The molecule has 20 heavy (non-hydrogen) atoms. The van der Waals surface area contributed by atoms with Gasteiger partial charge in [0.05, 0.1) is 18.8 Å². The van der Waals surface area contributed by atoms with Crippen molar-refractivity contribution < 1.29 is 9.13 Å². The van der Waals surface area contributed by atoms with E-state index in [4.69, 9.17) is 10.6 Å². The number of benzene rings is 1. The summed E-state index contributed by atoms with van der Waals surface area (Å²) in [5, 5.41) is 4.34. The minimum absolute atomic E-state index is 0.366. The zero-order valence-electron chi connectivity index (χ0n) is 12.1. The second kappa shape index (κ2) is 5.60. The molecule has 0 aliphatic rings. The molecule has 3 N–H and O–H groups in total. The van der Waals surface area contributed by atoms with E-state index >= 15 is 0 Å². The largest absolute Gasteiger partial charge is 0.497 e. The summed E-state index contributed by atoms with van der Waals surface area (Å²) in [4.78, 5) is 0. The molecule has 1 heterocycles. The van der Waals surface area contributed by atoms with Crippen LogP contribution in [0.2, 0.25) is 0 Å². The standard InChI is InChI=1S/C14H19FN4O/c1-8-13(9(2)19(3)18-8)14(17-16)11-6-5-10(20-4)7-12(11)15/h5-7,14,17H,16H2,1-4H3. The second-order valence-electron chi connectivity index (χ2n) is 4.70. The maximum atomic E-state index is 14.2. The number of hydrogen-bond donors (Lipinski definition) is 2. The first-order valence-electron chi connectivity index (χ1n) is 6.29. The van der Waals surface area contributed by atoms with Crippen molar-refractivity contribution in [3.05, 3.63) is 46.5 Å². The van der Waals surface area contributed by atoms with Crippen molar-refractivity contribution >= 4 is 0 Å². The third-order valence-corrected chi connectivity index (χ3v) is 3.54. The molecular formula is C14H19FN4O. The first kappa shape index (κ1) is 14.5. The maximum absolute atomic E-state index is 14.2. The van der Waals surface area contributed by atoms with Gasteiger partial charge in [0.1, 0.15) is 11.6 Å². The fourth-order valence-corrected chi connectivity index (χ4v) is 2.41. The summed E-state index contributed by atoms with van der Waals surface area (Å²) in [5.41, 5.74) is 5.79. The van der Waals surface area contributed by atoms with Crippen LogP contribution < -0.4 is 16.0 Å². The summed E-state index contributed by atoms with van der Waals surface area (Å²) < 4.78 is 21.0. The Bertz CT molecular complexity index is 624. The fourth-order valence-electron chi connectivity index (χ4n) is 2.41. The zero-order chi connectivity index (χ0) is 14.9. The molecule has 1 atom stereocenters. The fraction of sp³-hybridized carbons (Fsp3) is 0.357. The van der Waals surface area contributed by atoms with Gasteiger partial charge in [-0.15, -0.1) is 0 Å². The molecular weight excluding hydrogens is 259 g/mol. The Kier molecular flexibility index (Phi) is 4.06. The van der Waals surface area contributed by atoms with E-state index in [0.29, 0.717) is 11.3 Å². The Morgan fingerprint density at radius 1 is 1.40 bits per heavy atom. The maximum Gasteiger partial charge on any atom is 0.132 e. The molecule has 0 saturated heterocycles. The number of hydrazine groups is 1. The molecule has 6 heteroatoms. The number of ether oxygens (including phenoxy) is 1. The van der Waals surface area contributed by atoms with Gasteiger partial charge >= 0.3 is 0 Å². The third-order valence-electron chi connectivity index (χ3n) is 3.54. The molecule has 0 amide bonds. The van der Waals surface area contributed by atoms with Crippen molar-refractivity contribution in [2.24, 2.45) is 12.9 Å². The Morgan fingerprint density at radius 3 is 2.55 bits per heavy atom. The number of nitrogens with two attached hydrogens (primary N) is 1. The monoisotopic (exact) mass is 278 g/mol. The van der Waals surface area contributed by atoms with Crippen LogP contribution in [0.5, 0.6) is 5.75 Å². The average Bonchev–Trinajstić information content (AvgIpc) is 2.67. The lowest BCUT2D eigenvalue weighted by atomic mass is 9.97. The van der Waals surface area contributed by atoms with Crippen LogP contribution in [0.4, 0.5) is 4.39 Å². The van der Waals surface area contributed by atoms with Crippen LogP contribution in [0.25, 0.3) is 0 Å². The van der Waals surface area contributed by atoms with E-state index in [1.807, 2.05) is 20.9 Å². The number of rotatable bonds is 4. The van der Waals surface area contributed by atoms with Crippen molar-refractivity contribution in [3.63, 3.8) is 0 Å². The Morgan fingerprint density at radius 2 is 2.10 bits per heavy atom. The smallest absolute Gasteiger partial charge is 0.132 e. The average molecular weight is 278 g/mol. The van der Waals surface area contributed by atoms with E-state index in [1.54, 1.807) is 16.8 Å². The lowest BCUT2D eigenvalue weighted by Gasteiger charge is -2.18. The molecule has 1 aromatic heterocycles. The van der Waals surface area contributed by atoms with Gasteiger partial charge in [-0.1, -0.05) is 6.07 Å². The second-order valence-corrected chi connectivity index (χ2v) is 4.70. The van der Waals surface area contributed by atoms with E-state index in [0.717, 1.165) is 17.0 Å². The van der Waals surface area contributed by atoms with Crippen molar-refractivity contribution in [2.75, 3.05) is 7.11 Å². The van der Waals surface area contributed by atoms with Crippen LogP contribution in [0.3, 0.4) is 0 Å².